The van der Waals surface area contributed by atoms with E-state index in [4.69, 9.17) is 0 Å². The Morgan fingerprint density at radius 2 is 1.53 bits per heavy atom. The van der Waals surface area contributed by atoms with Crippen LogP contribution in [0.5, 0.6) is 0 Å². The van der Waals surface area contributed by atoms with Crippen molar-refractivity contribution in [2.24, 2.45) is 0 Å². The molecule has 0 atom stereocenters. The van der Waals surface area contributed by atoms with Gasteiger partial charge >= 0.3 is 0 Å². The molecule has 3 heteroatoms. The maximum absolute atomic E-state index is 4.08. The van der Waals surface area contributed by atoms with E-state index in [1.807, 2.05) is 17.4 Å². The molecule has 17 heavy (non-hydrogen) atoms. The van der Waals surface area contributed by atoms with Gasteiger partial charge in [0.25, 0.3) is 0 Å². The second-order valence-electron chi connectivity index (χ2n) is 4.26. The van der Waals surface area contributed by atoms with Crippen LogP contribution in [0.4, 0.5) is 0 Å². The third-order valence-electron chi connectivity index (χ3n) is 2.96. The lowest BCUT2D eigenvalue weighted by molar-refractivity contribution is 1.01. The number of hydrogen-bond donors (Lipinski definition) is 0. The van der Waals surface area contributed by atoms with E-state index in [2.05, 4.69) is 53.6 Å². The molecule has 0 saturated heterocycles. The first-order valence-electron chi connectivity index (χ1n) is 5.62. The van der Waals surface area contributed by atoms with Gasteiger partial charge in [-0.15, -0.1) is 10.2 Å². The Hall–Kier alpha value is -2.16. The zero-order valence-corrected chi connectivity index (χ0v) is 9.88. The Bertz CT molecular complexity index is 666. The predicted molar refractivity (Wildman–Crippen MR) is 67.9 cm³/mol. The minimum absolute atomic E-state index is 0.887. The summed E-state index contributed by atoms with van der Waals surface area (Å²) in [6.45, 7) is 4.05. The van der Waals surface area contributed by atoms with Crippen molar-refractivity contribution in [3.05, 3.63) is 54.0 Å². The van der Waals surface area contributed by atoms with Crippen LogP contribution in [0, 0.1) is 13.8 Å². The molecule has 2 aromatic heterocycles. The third-order valence-corrected chi connectivity index (χ3v) is 2.96. The second-order valence-corrected chi connectivity index (χ2v) is 4.26. The van der Waals surface area contributed by atoms with Gasteiger partial charge in [0, 0.05) is 6.20 Å². The van der Waals surface area contributed by atoms with Gasteiger partial charge in [0.2, 0.25) is 0 Å². The van der Waals surface area contributed by atoms with Crippen molar-refractivity contribution in [1.82, 2.24) is 14.6 Å². The number of hydrogen-bond acceptors (Lipinski definition) is 2. The molecule has 0 aliphatic rings. The molecule has 0 radical (unpaired) electrons. The zero-order chi connectivity index (χ0) is 11.8. The average Bonchev–Trinajstić information content (AvgIpc) is 2.72. The molecule has 3 rings (SSSR count). The summed E-state index contributed by atoms with van der Waals surface area (Å²) in [7, 11) is 0. The fraction of sp³-hybridized carbons (Fsp3) is 0.143. The zero-order valence-electron chi connectivity index (χ0n) is 9.88. The molecule has 84 valence electrons. The topological polar surface area (TPSA) is 30.2 Å². The van der Waals surface area contributed by atoms with Crippen LogP contribution >= 0.6 is 0 Å². The third kappa shape index (κ3) is 1.69. The fourth-order valence-electron chi connectivity index (χ4n) is 1.92. The van der Waals surface area contributed by atoms with Crippen LogP contribution in [0.3, 0.4) is 0 Å². The van der Waals surface area contributed by atoms with Gasteiger partial charge in [0.15, 0.2) is 5.65 Å². The predicted octanol–water partition coefficient (Wildman–Crippen LogP) is 3.01. The Labute approximate surface area is 99.7 Å². The summed E-state index contributed by atoms with van der Waals surface area (Å²) < 4.78 is 2.01. The van der Waals surface area contributed by atoms with Crippen LogP contribution < -0.4 is 0 Å². The molecule has 0 amide bonds. The first kappa shape index (κ1) is 10.0. The van der Waals surface area contributed by atoms with E-state index in [1.165, 1.54) is 16.7 Å². The molecule has 0 aliphatic heterocycles. The van der Waals surface area contributed by atoms with Gasteiger partial charge in [-0.1, -0.05) is 29.8 Å². The molecule has 0 N–H and O–H groups in total. The summed E-state index contributed by atoms with van der Waals surface area (Å²) in [4.78, 5) is 0. The molecule has 0 unspecified atom stereocenters. The summed E-state index contributed by atoms with van der Waals surface area (Å²) in [5.74, 6) is 0.911. The number of pyridine rings is 1. The van der Waals surface area contributed by atoms with Gasteiger partial charge in [-0.05, 0) is 37.1 Å². The number of rotatable bonds is 1. The lowest BCUT2D eigenvalue weighted by atomic mass is 10.1. The minimum Gasteiger partial charge on any atom is -0.286 e. The van der Waals surface area contributed by atoms with Gasteiger partial charge < -0.3 is 0 Å². The summed E-state index contributed by atoms with van der Waals surface area (Å²) in [6.07, 6.45) is 2.08. The first-order chi connectivity index (χ1) is 8.24. The Balaban J connectivity index is 2.17. The van der Waals surface area contributed by atoms with Gasteiger partial charge in [-0.2, -0.15) is 0 Å². The normalized spacial score (nSPS) is 10.9. The van der Waals surface area contributed by atoms with Crippen molar-refractivity contribution in [1.29, 1.82) is 0 Å². The second kappa shape index (κ2) is 3.70. The Morgan fingerprint density at radius 3 is 2.29 bits per heavy atom. The maximum Gasteiger partial charge on any atom is 0.160 e. The SMILES string of the molecule is Cc1ccc(-c2ccc3nnc(C)n3c2)cc1. The summed E-state index contributed by atoms with van der Waals surface area (Å²) in [5.41, 5.74) is 4.56. The monoisotopic (exact) mass is 223 g/mol. The van der Waals surface area contributed by atoms with Crippen LogP contribution in [-0.2, 0) is 0 Å². The average molecular weight is 223 g/mol. The number of aromatic nitrogens is 3. The van der Waals surface area contributed by atoms with Crippen molar-refractivity contribution in [2.75, 3.05) is 0 Å². The van der Waals surface area contributed by atoms with Crippen molar-refractivity contribution in [3.63, 3.8) is 0 Å². The van der Waals surface area contributed by atoms with Crippen molar-refractivity contribution in [2.45, 2.75) is 13.8 Å². The van der Waals surface area contributed by atoms with Gasteiger partial charge in [-0.25, -0.2) is 0 Å². The largest absolute Gasteiger partial charge is 0.286 e. The Kier molecular flexibility index (Phi) is 2.18. The van der Waals surface area contributed by atoms with E-state index >= 15 is 0 Å². The van der Waals surface area contributed by atoms with Crippen molar-refractivity contribution >= 4 is 5.65 Å². The molecule has 0 aliphatic carbocycles. The molecular weight excluding hydrogens is 210 g/mol. The number of nitrogens with zero attached hydrogens (tertiary/aromatic N) is 3. The van der Waals surface area contributed by atoms with Crippen LogP contribution in [0.1, 0.15) is 11.4 Å². The van der Waals surface area contributed by atoms with Crippen LogP contribution in [0.15, 0.2) is 42.6 Å². The number of aryl methyl sites for hydroxylation is 2. The first-order valence-corrected chi connectivity index (χ1v) is 5.62. The lowest BCUT2D eigenvalue weighted by Gasteiger charge is -2.03. The Morgan fingerprint density at radius 1 is 0.824 bits per heavy atom. The minimum atomic E-state index is 0.887. The molecule has 3 aromatic rings. The van der Waals surface area contributed by atoms with Gasteiger partial charge in [0.05, 0.1) is 0 Å². The number of benzene rings is 1. The molecule has 0 bridgehead atoms. The molecular formula is C14H13N3. The molecule has 0 saturated carbocycles. The molecule has 2 heterocycles. The van der Waals surface area contributed by atoms with Crippen LogP contribution in [0.25, 0.3) is 16.8 Å². The lowest BCUT2D eigenvalue weighted by Crippen LogP contribution is -1.89. The standard InChI is InChI=1S/C14H13N3/c1-10-3-5-12(6-4-10)13-7-8-14-16-15-11(2)17(14)9-13/h3-9H,1-2H3. The van der Waals surface area contributed by atoms with Crippen LogP contribution in [0.2, 0.25) is 0 Å². The van der Waals surface area contributed by atoms with E-state index in [0.29, 0.717) is 0 Å². The van der Waals surface area contributed by atoms with Gasteiger partial charge in [-0.3, -0.25) is 4.40 Å². The van der Waals surface area contributed by atoms with Crippen molar-refractivity contribution in [3.8, 4) is 11.1 Å². The van der Waals surface area contributed by atoms with Crippen molar-refractivity contribution < 1.29 is 0 Å². The number of fused-ring (bicyclic) bond motifs is 1. The maximum atomic E-state index is 4.08. The van der Waals surface area contributed by atoms with E-state index in [0.717, 1.165) is 11.5 Å². The van der Waals surface area contributed by atoms with Crippen LogP contribution in [-0.4, -0.2) is 14.6 Å². The highest BCUT2D eigenvalue weighted by atomic mass is 15.2. The van der Waals surface area contributed by atoms with E-state index in [9.17, 15) is 0 Å². The fourth-order valence-corrected chi connectivity index (χ4v) is 1.92. The molecule has 1 aromatic carbocycles. The molecule has 0 fully saturated rings. The summed E-state index contributed by atoms with van der Waals surface area (Å²) >= 11 is 0. The summed E-state index contributed by atoms with van der Waals surface area (Å²) in [5, 5.41) is 8.14. The highest BCUT2D eigenvalue weighted by molar-refractivity contribution is 5.64. The van der Waals surface area contributed by atoms with E-state index in [-0.39, 0.29) is 0 Å². The van der Waals surface area contributed by atoms with E-state index < -0.39 is 0 Å². The highest BCUT2D eigenvalue weighted by Gasteiger charge is 2.03. The molecule has 0 spiro atoms. The van der Waals surface area contributed by atoms with Gasteiger partial charge in [0.1, 0.15) is 5.82 Å². The molecule has 3 nitrogen and oxygen atoms in total. The smallest absolute Gasteiger partial charge is 0.160 e. The quantitative estimate of drug-likeness (QED) is 0.634. The van der Waals surface area contributed by atoms with E-state index in [1.54, 1.807) is 0 Å². The summed E-state index contributed by atoms with van der Waals surface area (Å²) in [6, 6.07) is 12.6. The highest BCUT2D eigenvalue weighted by Crippen LogP contribution is 2.20.